The number of methoxy groups -OCH3 is 1. The molecule has 1 heterocycles. The molecule has 0 amide bonds. The summed E-state index contributed by atoms with van der Waals surface area (Å²) in [6.07, 6.45) is 0. The number of fused-ring (bicyclic) bond motifs is 1. The Morgan fingerprint density at radius 3 is 2.67 bits per heavy atom. The Kier molecular flexibility index (Phi) is 3.54. The van der Waals surface area contributed by atoms with E-state index in [0.717, 1.165) is 10.9 Å². The standard InChI is InChI=1S/C17H14FNO2/c1-21-17-14(10-20)13-7-2-3-8-15(13)19-16(17)11-5-4-6-12(18)9-11/h2-9,20H,10H2,1H3. The largest absolute Gasteiger partial charge is 0.494 e. The summed E-state index contributed by atoms with van der Waals surface area (Å²) in [5.41, 5.74) is 2.54. The average molecular weight is 283 g/mol. The van der Waals surface area contributed by atoms with Gasteiger partial charge < -0.3 is 9.84 Å². The lowest BCUT2D eigenvalue weighted by atomic mass is 10.0. The van der Waals surface area contributed by atoms with E-state index >= 15 is 0 Å². The molecule has 3 rings (SSSR count). The number of nitrogens with zero attached hydrogens (tertiary/aromatic N) is 1. The molecule has 0 unspecified atom stereocenters. The first-order valence-corrected chi connectivity index (χ1v) is 6.57. The minimum Gasteiger partial charge on any atom is -0.494 e. The molecule has 0 aliphatic heterocycles. The molecule has 0 saturated heterocycles. The molecule has 0 atom stereocenters. The van der Waals surface area contributed by atoms with Crippen LogP contribution in [0.2, 0.25) is 0 Å². The zero-order valence-electron chi connectivity index (χ0n) is 11.5. The summed E-state index contributed by atoms with van der Waals surface area (Å²) in [7, 11) is 1.52. The number of hydrogen-bond acceptors (Lipinski definition) is 3. The molecule has 3 nitrogen and oxygen atoms in total. The van der Waals surface area contributed by atoms with Gasteiger partial charge >= 0.3 is 0 Å². The van der Waals surface area contributed by atoms with E-state index < -0.39 is 0 Å². The van der Waals surface area contributed by atoms with E-state index in [1.165, 1.54) is 19.2 Å². The summed E-state index contributed by atoms with van der Waals surface area (Å²) >= 11 is 0. The normalized spacial score (nSPS) is 10.8. The van der Waals surface area contributed by atoms with Crippen molar-refractivity contribution >= 4 is 10.9 Å². The van der Waals surface area contributed by atoms with Gasteiger partial charge in [0.1, 0.15) is 11.5 Å². The van der Waals surface area contributed by atoms with Gasteiger partial charge in [-0.15, -0.1) is 0 Å². The lowest BCUT2D eigenvalue weighted by Gasteiger charge is -2.14. The van der Waals surface area contributed by atoms with E-state index in [2.05, 4.69) is 4.98 Å². The number of rotatable bonds is 3. The van der Waals surface area contributed by atoms with Crippen molar-refractivity contribution in [1.82, 2.24) is 4.98 Å². The van der Waals surface area contributed by atoms with E-state index in [1.807, 2.05) is 24.3 Å². The van der Waals surface area contributed by atoms with Gasteiger partial charge in [-0.3, -0.25) is 0 Å². The van der Waals surface area contributed by atoms with E-state index in [9.17, 15) is 9.50 Å². The van der Waals surface area contributed by atoms with E-state index in [-0.39, 0.29) is 12.4 Å². The van der Waals surface area contributed by atoms with Gasteiger partial charge in [0, 0.05) is 16.5 Å². The topological polar surface area (TPSA) is 42.4 Å². The number of hydrogen-bond donors (Lipinski definition) is 1. The zero-order valence-corrected chi connectivity index (χ0v) is 11.5. The highest BCUT2D eigenvalue weighted by Crippen LogP contribution is 2.36. The number of aliphatic hydroxyl groups excluding tert-OH is 1. The second-order valence-corrected chi connectivity index (χ2v) is 4.66. The molecular formula is C17H14FNO2. The molecule has 0 aliphatic carbocycles. The number of para-hydroxylation sites is 1. The summed E-state index contributed by atoms with van der Waals surface area (Å²) in [5, 5.41) is 10.5. The number of ether oxygens (including phenoxy) is 1. The van der Waals surface area contributed by atoms with Crippen molar-refractivity contribution in [3.8, 4) is 17.0 Å². The fraction of sp³-hybridized carbons (Fsp3) is 0.118. The minimum absolute atomic E-state index is 0.172. The summed E-state index contributed by atoms with van der Waals surface area (Å²) < 4.78 is 18.9. The number of aromatic nitrogens is 1. The third kappa shape index (κ3) is 2.34. The molecule has 3 aromatic rings. The fourth-order valence-corrected chi connectivity index (χ4v) is 2.47. The van der Waals surface area contributed by atoms with Gasteiger partial charge in [-0.2, -0.15) is 0 Å². The van der Waals surface area contributed by atoms with E-state index in [0.29, 0.717) is 22.6 Å². The van der Waals surface area contributed by atoms with Gasteiger partial charge in [-0.25, -0.2) is 9.37 Å². The lowest BCUT2D eigenvalue weighted by molar-refractivity contribution is 0.275. The Bertz CT molecular complexity index is 802. The van der Waals surface area contributed by atoms with Crippen molar-refractivity contribution in [3.05, 3.63) is 59.9 Å². The van der Waals surface area contributed by atoms with Gasteiger partial charge in [0.05, 0.1) is 19.2 Å². The first-order valence-electron chi connectivity index (χ1n) is 6.57. The smallest absolute Gasteiger partial charge is 0.151 e. The maximum Gasteiger partial charge on any atom is 0.151 e. The Morgan fingerprint density at radius 1 is 1.14 bits per heavy atom. The lowest BCUT2D eigenvalue weighted by Crippen LogP contribution is -1.99. The maximum absolute atomic E-state index is 13.5. The average Bonchev–Trinajstić information content (AvgIpc) is 2.52. The van der Waals surface area contributed by atoms with Gasteiger partial charge in [0.2, 0.25) is 0 Å². The van der Waals surface area contributed by atoms with Crippen molar-refractivity contribution < 1.29 is 14.2 Å². The third-order valence-electron chi connectivity index (χ3n) is 3.41. The molecule has 0 aliphatic rings. The summed E-state index contributed by atoms with van der Waals surface area (Å²) in [4.78, 5) is 4.56. The second kappa shape index (κ2) is 5.50. The molecule has 1 aromatic heterocycles. The van der Waals surface area contributed by atoms with Crippen LogP contribution in [-0.4, -0.2) is 17.2 Å². The maximum atomic E-state index is 13.5. The van der Waals surface area contributed by atoms with Crippen molar-refractivity contribution in [1.29, 1.82) is 0 Å². The third-order valence-corrected chi connectivity index (χ3v) is 3.41. The zero-order chi connectivity index (χ0) is 14.8. The summed E-state index contributed by atoms with van der Waals surface area (Å²) in [6.45, 7) is -0.172. The molecule has 21 heavy (non-hydrogen) atoms. The summed E-state index contributed by atoms with van der Waals surface area (Å²) in [5.74, 6) is 0.136. The first kappa shape index (κ1) is 13.5. The molecule has 2 aromatic carbocycles. The van der Waals surface area contributed by atoms with Crippen LogP contribution in [0.1, 0.15) is 5.56 Å². The van der Waals surface area contributed by atoms with Crippen LogP contribution in [0.5, 0.6) is 5.75 Å². The first-order chi connectivity index (χ1) is 10.2. The van der Waals surface area contributed by atoms with Crippen LogP contribution in [0.4, 0.5) is 4.39 Å². The highest BCUT2D eigenvalue weighted by molar-refractivity contribution is 5.89. The Labute approximate surface area is 121 Å². The van der Waals surface area contributed by atoms with Crippen LogP contribution in [0.15, 0.2) is 48.5 Å². The molecule has 0 saturated carbocycles. The Morgan fingerprint density at radius 2 is 1.95 bits per heavy atom. The molecule has 0 fully saturated rings. The van der Waals surface area contributed by atoms with Crippen LogP contribution < -0.4 is 4.74 Å². The van der Waals surface area contributed by atoms with Gasteiger partial charge in [0.25, 0.3) is 0 Å². The van der Waals surface area contributed by atoms with Crippen LogP contribution in [0.3, 0.4) is 0 Å². The van der Waals surface area contributed by atoms with Crippen molar-refractivity contribution in [2.45, 2.75) is 6.61 Å². The van der Waals surface area contributed by atoms with E-state index in [4.69, 9.17) is 4.74 Å². The molecule has 0 bridgehead atoms. The quantitative estimate of drug-likeness (QED) is 0.799. The van der Waals surface area contributed by atoms with Crippen molar-refractivity contribution in [2.24, 2.45) is 0 Å². The number of benzene rings is 2. The molecule has 1 N–H and O–H groups in total. The van der Waals surface area contributed by atoms with Gasteiger partial charge in [0.15, 0.2) is 5.75 Å². The van der Waals surface area contributed by atoms with E-state index in [1.54, 1.807) is 12.1 Å². The van der Waals surface area contributed by atoms with Gasteiger partial charge in [-0.05, 0) is 18.2 Å². The molecular weight excluding hydrogens is 269 g/mol. The predicted octanol–water partition coefficient (Wildman–Crippen LogP) is 3.54. The fourth-order valence-electron chi connectivity index (χ4n) is 2.47. The summed E-state index contributed by atoms with van der Waals surface area (Å²) in [6, 6.07) is 13.7. The minimum atomic E-state index is -0.338. The number of pyridine rings is 1. The van der Waals surface area contributed by atoms with Crippen molar-refractivity contribution in [2.75, 3.05) is 7.11 Å². The number of halogens is 1. The molecule has 0 radical (unpaired) electrons. The molecule has 0 spiro atoms. The van der Waals surface area contributed by atoms with Crippen LogP contribution in [0.25, 0.3) is 22.2 Å². The SMILES string of the molecule is COc1c(-c2cccc(F)c2)nc2ccccc2c1CO. The van der Waals surface area contributed by atoms with Crippen LogP contribution in [-0.2, 0) is 6.61 Å². The Hall–Kier alpha value is -2.46. The monoisotopic (exact) mass is 283 g/mol. The number of aliphatic hydroxyl groups is 1. The van der Waals surface area contributed by atoms with Crippen LogP contribution >= 0.6 is 0 Å². The highest BCUT2D eigenvalue weighted by Gasteiger charge is 2.16. The molecule has 106 valence electrons. The highest BCUT2D eigenvalue weighted by atomic mass is 19.1. The van der Waals surface area contributed by atoms with Crippen LogP contribution in [0, 0.1) is 5.82 Å². The molecule has 4 heteroatoms. The Balaban J connectivity index is 2.36. The van der Waals surface area contributed by atoms with Crippen molar-refractivity contribution in [3.63, 3.8) is 0 Å². The van der Waals surface area contributed by atoms with Gasteiger partial charge in [-0.1, -0.05) is 30.3 Å². The second-order valence-electron chi connectivity index (χ2n) is 4.66. The predicted molar refractivity (Wildman–Crippen MR) is 79.6 cm³/mol.